The van der Waals surface area contributed by atoms with Crippen LogP contribution in [-0.4, -0.2) is 58.2 Å². The van der Waals surface area contributed by atoms with E-state index in [1.54, 1.807) is 20.2 Å². The zero-order chi connectivity index (χ0) is 29.8. The maximum absolute atomic E-state index is 14.5. The fraction of sp³-hybridized carbons (Fsp3) is 0.452. The number of imidazole rings is 1. The first kappa shape index (κ1) is 28.3. The standard InChI is InChI=1S/C31H34F3N5O3/c1-5-42-29(40)28(27-25-10-11-30(3,4)38(25)18-35-27)39-17-23-24(31(32,33)34)16-22(19(2)26(23)36-39)20-6-8-21(9-7-20)37-12-14-41-15-13-37/h6-9,16-18,28H,5,10-15H2,1-4H3. The van der Waals surface area contributed by atoms with Gasteiger partial charge in [-0.05, 0) is 75.4 Å². The van der Waals surface area contributed by atoms with E-state index >= 15 is 0 Å². The van der Waals surface area contributed by atoms with Crippen LogP contribution < -0.4 is 4.90 Å². The number of fused-ring (bicyclic) bond motifs is 2. The summed E-state index contributed by atoms with van der Waals surface area (Å²) in [4.78, 5) is 20.1. The van der Waals surface area contributed by atoms with Gasteiger partial charge >= 0.3 is 12.1 Å². The van der Waals surface area contributed by atoms with Crippen molar-refractivity contribution in [3.8, 4) is 11.1 Å². The molecule has 1 saturated heterocycles. The van der Waals surface area contributed by atoms with Crippen molar-refractivity contribution < 1.29 is 27.4 Å². The zero-order valence-electron chi connectivity index (χ0n) is 24.2. The van der Waals surface area contributed by atoms with E-state index in [0.717, 1.165) is 30.9 Å². The Morgan fingerprint density at radius 3 is 2.55 bits per heavy atom. The van der Waals surface area contributed by atoms with Crippen molar-refractivity contribution in [2.45, 2.75) is 58.3 Å². The minimum atomic E-state index is -4.64. The minimum Gasteiger partial charge on any atom is -0.464 e. The predicted molar refractivity (Wildman–Crippen MR) is 153 cm³/mol. The summed E-state index contributed by atoms with van der Waals surface area (Å²) in [6.07, 6.45) is -0.0839. The average molecular weight is 582 g/mol. The van der Waals surface area contributed by atoms with Gasteiger partial charge in [-0.15, -0.1) is 0 Å². The number of nitrogens with zero attached hydrogens (tertiary/aromatic N) is 5. The molecule has 0 spiro atoms. The van der Waals surface area contributed by atoms with Crippen LogP contribution in [0.5, 0.6) is 0 Å². The van der Waals surface area contributed by atoms with Crippen molar-refractivity contribution in [3.05, 3.63) is 65.4 Å². The number of hydrogen-bond donors (Lipinski definition) is 0. The van der Waals surface area contributed by atoms with Gasteiger partial charge in [-0.1, -0.05) is 12.1 Å². The molecule has 1 atom stereocenters. The normalized spacial score (nSPS) is 17.5. The summed E-state index contributed by atoms with van der Waals surface area (Å²) in [5.74, 6) is -0.610. The number of aromatic nitrogens is 4. The average Bonchev–Trinajstić information content (AvgIpc) is 3.66. The molecule has 4 heterocycles. The number of morpholine rings is 1. The molecule has 222 valence electrons. The molecule has 0 N–H and O–H groups in total. The second-order valence-electron chi connectivity index (χ2n) is 11.5. The molecule has 0 saturated carbocycles. The number of anilines is 1. The molecule has 2 aliphatic rings. The lowest BCUT2D eigenvalue weighted by Gasteiger charge is -2.29. The number of ether oxygens (including phenoxy) is 2. The Balaban J connectivity index is 1.48. The van der Waals surface area contributed by atoms with E-state index in [-0.39, 0.29) is 23.0 Å². The zero-order valence-corrected chi connectivity index (χ0v) is 24.2. The van der Waals surface area contributed by atoms with Crippen molar-refractivity contribution in [1.29, 1.82) is 0 Å². The molecule has 4 aromatic rings. The van der Waals surface area contributed by atoms with Gasteiger partial charge in [0, 0.05) is 41.6 Å². The Hall–Kier alpha value is -3.86. The highest BCUT2D eigenvalue weighted by molar-refractivity contribution is 5.92. The molecule has 6 rings (SSSR count). The van der Waals surface area contributed by atoms with Crippen LogP contribution in [0.4, 0.5) is 18.9 Å². The molecule has 1 fully saturated rings. The highest BCUT2D eigenvalue weighted by atomic mass is 19.4. The number of alkyl halides is 3. The van der Waals surface area contributed by atoms with Gasteiger partial charge in [-0.3, -0.25) is 4.68 Å². The molecule has 2 aromatic carbocycles. The number of carbonyl (C=O) groups excluding carboxylic acids is 1. The minimum absolute atomic E-state index is 0.0702. The molecule has 2 aliphatic heterocycles. The third-order valence-corrected chi connectivity index (χ3v) is 8.49. The number of benzene rings is 2. The number of carbonyl (C=O) groups is 1. The summed E-state index contributed by atoms with van der Waals surface area (Å²) in [6, 6.07) is 7.60. The SMILES string of the molecule is CCOC(=O)C(c1ncn2c1CCC2(C)C)n1cc2c(C(F)(F)F)cc(-c3ccc(N4CCOCC4)cc3)c(C)c2n1. The first-order valence-electron chi connectivity index (χ1n) is 14.3. The van der Waals surface area contributed by atoms with Gasteiger partial charge in [0.05, 0.1) is 42.9 Å². The fourth-order valence-corrected chi connectivity index (χ4v) is 6.16. The van der Waals surface area contributed by atoms with Crippen LogP contribution in [0.15, 0.2) is 42.9 Å². The van der Waals surface area contributed by atoms with Crippen molar-refractivity contribution in [2.24, 2.45) is 0 Å². The molecule has 0 aliphatic carbocycles. The van der Waals surface area contributed by atoms with Crippen LogP contribution in [-0.2, 0) is 32.4 Å². The van der Waals surface area contributed by atoms with E-state index in [1.807, 2.05) is 28.8 Å². The Bertz CT molecular complexity index is 1630. The fourth-order valence-electron chi connectivity index (χ4n) is 6.16. The van der Waals surface area contributed by atoms with E-state index in [9.17, 15) is 18.0 Å². The van der Waals surface area contributed by atoms with Gasteiger partial charge in [-0.25, -0.2) is 9.78 Å². The largest absolute Gasteiger partial charge is 0.464 e. The number of hydrogen-bond acceptors (Lipinski definition) is 6. The maximum atomic E-state index is 14.5. The quantitative estimate of drug-likeness (QED) is 0.264. The number of rotatable bonds is 6. The Morgan fingerprint density at radius 2 is 1.88 bits per heavy atom. The van der Waals surface area contributed by atoms with Crippen LogP contribution in [0, 0.1) is 6.92 Å². The lowest BCUT2D eigenvalue weighted by Crippen LogP contribution is -2.36. The first-order chi connectivity index (χ1) is 20.0. The third-order valence-electron chi connectivity index (χ3n) is 8.49. The Morgan fingerprint density at radius 1 is 1.17 bits per heavy atom. The van der Waals surface area contributed by atoms with Crippen LogP contribution in [0.1, 0.15) is 55.7 Å². The number of esters is 1. The molecule has 0 radical (unpaired) electrons. The Kier molecular flexibility index (Phi) is 7.03. The van der Waals surface area contributed by atoms with E-state index in [0.29, 0.717) is 42.0 Å². The second kappa shape index (κ2) is 10.4. The van der Waals surface area contributed by atoms with Gasteiger partial charge in [0.15, 0.2) is 6.04 Å². The van der Waals surface area contributed by atoms with Crippen molar-refractivity contribution in [3.63, 3.8) is 0 Å². The van der Waals surface area contributed by atoms with Crippen LogP contribution in [0.2, 0.25) is 0 Å². The molecule has 1 unspecified atom stereocenters. The van der Waals surface area contributed by atoms with E-state index in [1.165, 1.54) is 16.9 Å². The predicted octanol–water partition coefficient (Wildman–Crippen LogP) is 5.90. The van der Waals surface area contributed by atoms with Gasteiger partial charge in [-0.2, -0.15) is 18.3 Å². The number of aryl methyl sites for hydroxylation is 1. The summed E-state index contributed by atoms with van der Waals surface area (Å²) >= 11 is 0. The van der Waals surface area contributed by atoms with Crippen molar-refractivity contribution in [2.75, 3.05) is 37.8 Å². The van der Waals surface area contributed by atoms with E-state index in [2.05, 4.69) is 28.8 Å². The third kappa shape index (κ3) is 4.83. The monoisotopic (exact) mass is 581 g/mol. The summed E-state index contributed by atoms with van der Waals surface area (Å²) in [6.45, 7) is 10.6. The second-order valence-corrected chi connectivity index (χ2v) is 11.5. The summed E-state index contributed by atoms with van der Waals surface area (Å²) < 4.78 is 57.7. The lowest BCUT2D eigenvalue weighted by molar-refractivity contribution is -0.146. The Labute approximate surface area is 242 Å². The van der Waals surface area contributed by atoms with Gasteiger partial charge < -0.3 is 18.9 Å². The summed E-state index contributed by atoms with van der Waals surface area (Å²) in [5, 5.41) is 4.56. The van der Waals surface area contributed by atoms with Crippen molar-refractivity contribution in [1.82, 2.24) is 19.3 Å². The first-order valence-corrected chi connectivity index (χ1v) is 14.3. The van der Waals surface area contributed by atoms with Crippen LogP contribution >= 0.6 is 0 Å². The molecule has 0 bridgehead atoms. The number of halogens is 3. The van der Waals surface area contributed by atoms with Crippen LogP contribution in [0.25, 0.3) is 22.0 Å². The smallest absolute Gasteiger partial charge is 0.417 e. The molecule has 8 nitrogen and oxygen atoms in total. The molecule has 2 aromatic heterocycles. The summed E-state index contributed by atoms with van der Waals surface area (Å²) in [5.41, 5.74) is 3.20. The van der Waals surface area contributed by atoms with Crippen LogP contribution in [0.3, 0.4) is 0 Å². The topological polar surface area (TPSA) is 74.4 Å². The van der Waals surface area contributed by atoms with Gasteiger partial charge in [0.25, 0.3) is 0 Å². The molecular formula is C31H34F3N5O3. The highest BCUT2D eigenvalue weighted by Gasteiger charge is 2.39. The van der Waals surface area contributed by atoms with E-state index in [4.69, 9.17) is 9.47 Å². The van der Waals surface area contributed by atoms with Crippen molar-refractivity contribution >= 4 is 22.6 Å². The molecular weight excluding hydrogens is 547 g/mol. The van der Waals surface area contributed by atoms with E-state index < -0.39 is 23.8 Å². The van der Waals surface area contributed by atoms with Gasteiger partial charge in [0.1, 0.15) is 0 Å². The molecule has 0 amide bonds. The molecule has 42 heavy (non-hydrogen) atoms. The lowest BCUT2D eigenvalue weighted by atomic mass is 9.94. The van der Waals surface area contributed by atoms with Gasteiger partial charge in [0.2, 0.25) is 0 Å². The summed E-state index contributed by atoms with van der Waals surface area (Å²) in [7, 11) is 0. The highest BCUT2D eigenvalue weighted by Crippen LogP contribution is 2.42. The molecule has 11 heteroatoms. The maximum Gasteiger partial charge on any atom is 0.417 e.